The van der Waals surface area contributed by atoms with Crippen LogP contribution in [0.15, 0.2) is 9.05 Å². The molecule has 5 nitrogen and oxygen atoms in total. The number of nitrogens with zero attached hydrogens (tertiary/aromatic N) is 2. The van der Waals surface area contributed by atoms with Gasteiger partial charge in [0.2, 0.25) is 0 Å². The van der Waals surface area contributed by atoms with Crippen molar-refractivity contribution in [2.75, 3.05) is 0 Å². The maximum atomic E-state index is 5.11. The van der Waals surface area contributed by atoms with E-state index in [1.807, 2.05) is 27.7 Å². The summed E-state index contributed by atoms with van der Waals surface area (Å²) >= 11 is 0. The first-order valence-corrected chi connectivity index (χ1v) is 5.63. The monoisotopic (exact) mass is 271 g/mol. The molecule has 0 aliphatic heterocycles. The van der Waals surface area contributed by atoms with Crippen molar-refractivity contribution in [2.24, 2.45) is 0 Å². The highest BCUT2D eigenvalue weighted by atomic mass is 35.5. The molecule has 2 aromatic rings. The molecule has 2 aromatic heterocycles. The van der Waals surface area contributed by atoms with Gasteiger partial charge in [-0.1, -0.05) is 10.3 Å². The van der Waals surface area contributed by atoms with Gasteiger partial charge in [-0.2, -0.15) is 0 Å². The molecule has 0 unspecified atom stereocenters. The Hall–Kier alpha value is -1.33. The maximum Gasteiger partial charge on any atom is 0.138 e. The first-order chi connectivity index (χ1) is 8.09. The lowest BCUT2D eigenvalue weighted by Gasteiger charge is -2.03. The van der Waals surface area contributed by atoms with E-state index in [9.17, 15) is 0 Å². The van der Waals surface area contributed by atoms with Gasteiger partial charge >= 0.3 is 0 Å². The summed E-state index contributed by atoms with van der Waals surface area (Å²) in [5.41, 5.74) is 4.12. The van der Waals surface area contributed by atoms with Gasteiger partial charge in [0.05, 0.1) is 11.4 Å². The third-order valence-corrected chi connectivity index (χ3v) is 2.97. The minimum atomic E-state index is 0. The minimum absolute atomic E-state index is 0. The smallest absolute Gasteiger partial charge is 0.138 e. The van der Waals surface area contributed by atoms with Crippen LogP contribution >= 0.6 is 12.4 Å². The highest BCUT2D eigenvalue weighted by Crippen LogP contribution is 2.14. The summed E-state index contributed by atoms with van der Waals surface area (Å²) in [5, 5.41) is 11.2. The molecule has 0 atom stereocenters. The van der Waals surface area contributed by atoms with Crippen LogP contribution in [0.4, 0.5) is 0 Å². The van der Waals surface area contributed by atoms with E-state index < -0.39 is 0 Å². The highest BCUT2D eigenvalue weighted by Gasteiger charge is 2.11. The minimum Gasteiger partial charge on any atom is -0.361 e. The average molecular weight is 272 g/mol. The number of aromatic nitrogens is 2. The fourth-order valence-corrected chi connectivity index (χ4v) is 1.82. The van der Waals surface area contributed by atoms with Crippen LogP contribution in [-0.2, 0) is 13.1 Å². The van der Waals surface area contributed by atoms with E-state index in [1.165, 1.54) is 0 Å². The summed E-state index contributed by atoms with van der Waals surface area (Å²) in [7, 11) is 0. The SMILES string of the molecule is Cc1noc(C)c1CNCc1c(C)noc1C.Cl. The lowest BCUT2D eigenvalue weighted by atomic mass is 10.2. The molecule has 0 spiro atoms. The van der Waals surface area contributed by atoms with E-state index in [0.29, 0.717) is 0 Å². The van der Waals surface area contributed by atoms with E-state index >= 15 is 0 Å². The number of halogens is 1. The molecule has 0 saturated heterocycles. The van der Waals surface area contributed by atoms with Crippen molar-refractivity contribution < 1.29 is 9.05 Å². The van der Waals surface area contributed by atoms with Crippen molar-refractivity contribution in [3.63, 3.8) is 0 Å². The second kappa shape index (κ2) is 6.02. The van der Waals surface area contributed by atoms with E-state index in [-0.39, 0.29) is 12.4 Å². The van der Waals surface area contributed by atoms with Crippen molar-refractivity contribution in [1.82, 2.24) is 15.6 Å². The zero-order valence-corrected chi connectivity index (χ0v) is 11.8. The predicted octanol–water partition coefficient (Wildman–Crippen LogP) is 2.61. The van der Waals surface area contributed by atoms with Crippen molar-refractivity contribution in [1.29, 1.82) is 0 Å². The molecule has 18 heavy (non-hydrogen) atoms. The molecule has 2 rings (SSSR count). The number of aryl methyl sites for hydroxylation is 4. The topological polar surface area (TPSA) is 64.1 Å². The van der Waals surface area contributed by atoms with E-state index in [2.05, 4.69) is 15.6 Å². The molecule has 1 N–H and O–H groups in total. The maximum absolute atomic E-state index is 5.11. The van der Waals surface area contributed by atoms with Crippen LogP contribution in [0.2, 0.25) is 0 Å². The van der Waals surface area contributed by atoms with Crippen LogP contribution in [0.5, 0.6) is 0 Å². The lowest BCUT2D eigenvalue weighted by Crippen LogP contribution is -2.14. The fourth-order valence-electron chi connectivity index (χ4n) is 1.82. The van der Waals surface area contributed by atoms with Gasteiger partial charge in [-0.05, 0) is 27.7 Å². The standard InChI is InChI=1S/C12H17N3O2.ClH/c1-7-11(9(3)16-14-7)5-13-6-12-8(2)15-17-10(12)4;/h13H,5-6H2,1-4H3;1H. The second-order valence-electron chi connectivity index (χ2n) is 4.21. The molecule has 6 heteroatoms. The van der Waals surface area contributed by atoms with Gasteiger partial charge < -0.3 is 14.4 Å². The Bertz CT molecular complexity index is 434. The molecular weight excluding hydrogens is 254 g/mol. The number of hydrogen-bond donors (Lipinski definition) is 1. The van der Waals surface area contributed by atoms with Gasteiger partial charge in [0, 0.05) is 24.2 Å². The Morgan fingerprint density at radius 3 is 1.50 bits per heavy atom. The van der Waals surface area contributed by atoms with Crippen molar-refractivity contribution in [3.05, 3.63) is 34.0 Å². The van der Waals surface area contributed by atoms with Crippen LogP contribution < -0.4 is 5.32 Å². The Morgan fingerprint density at radius 1 is 0.833 bits per heavy atom. The van der Waals surface area contributed by atoms with Crippen molar-refractivity contribution >= 4 is 12.4 Å². The zero-order chi connectivity index (χ0) is 12.4. The quantitative estimate of drug-likeness (QED) is 0.926. The van der Waals surface area contributed by atoms with Gasteiger partial charge in [0.25, 0.3) is 0 Å². The molecule has 0 saturated carbocycles. The second-order valence-corrected chi connectivity index (χ2v) is 4.21. The summed E-state index contributed by atoms with van der Waals surface area (Å²) < 4.78 is 10.2. The van der Waals surface area contributed by atoms with Gasteiger partial charge in [-0.15, -0.1) is 12.4 Å². The van der Waals surface area contributed by atoms with Crippen LogP contribution in [-0.4, -0.2) is 10.3 Å². The first-order valence-electron chi connectivity index (χ1n) is 5.63. The van der Waals surface area contributed by atoms with Gasteiger partial charge in [-0.25, -0.2) is 0 Å². The fraction of sp³-hybridized carbons (Fsp3) is 0.500. The Labute approximate surface area is 112 Å². The zero-order valence-electron chi connectivity index (χ0n) is 11.0. The Kier molecular flexibility index (Phi) is 4.93. The van der Waals surface area contributed by atoms with Crippen LogP contribution in [0.3, 0.4) is 0 Å². The molecule has 0 aliphatic carbocycles. The average Bonchev–Trinajstić information content (AvgIpc) is 2.77. The molecule has 100 valence electrons. The molecule has 0 bridgehead atoms. The molecule has 0 amide bonds. The summed E-state index contributed by atoms with van der Waals surface area (Å²) in [5.74, 6) is 1.74. The molecule has 0 aliphatic rings. The summed E-state index contributed by atoms with van der Waals surface area (Å²) in [6.07, 6.45) is 0. The Balaban J connectivity index is 0.00000162. The molecule has 0 aromatic carbocycles. The summed E-state index contributed by atoms with van der Waals surface area (Å²) in [6, 6.07) is 0. The van der Waals surface area contributed by atoms with Crippen LogP contribution in [0.1, 0.15) is 34.0 Å². The predicted molar refractivity (Wildman–Crippen MR) is 69.7 cm³/mol. The third kappa shape index (κ3) is 2.91. The normalized spacial score (nSPS) is 10.4. The van der Waals surface area contributed by atoms with Gasteiger partial charge in [0.1, 0.15) is 11.5 Å². The first kappa shape index (κ1) is 14.7. The summed E-state index contributed by atoms with van der Waals surface area (Å²) in [4.78, 5) is 0. The van der Waals surface area contributed by atoms with E-state index in [1.54, 1.807) is 0 Å². The van der Waals surface area contributed by atoms with E-state index in [4.69, 9.17) is 9.05 Å². The third-order valence-electron chi connectivity index (χ3n) is 2.97. The molecule has 0 fully saturated rings. The Morgan fingerprint density at radius 2 is 1.22 bits per heavy atom. The number of hydrogen-bond acceptors (Lipinski definition) is 5. The largest absolute Gasteiger partial charge is 0.361 e. The lowest BCUT2D eigenvalue weighted by molar-refractivity contribution is 0.391. The summed E-state index contributed by atoms with van der Waals surface area (Å²) in [6.45, 7) is 9.23. The molecule has 2 heterocycles. The van der Waals surface area contributed by atoms with E-state index in [0.717, 1.165) is 47.1 Å². The molecular formula is C12H18ClN3O2. The van der Waals surface area contributed by atoms with Gasteiger partial charge in [0.15, 0.2) is 0 Å². The van der Waals surface area contributed by atoms with Crippen molar-refractivity contribution in [3.8, 4) is 0 Å². The van der Waals surface area contributed by atoms with Gasteiger partial charge in [-0.3, -0.25) is 0 Å². The van der Waals surface area contributed by atoms with Crippen LogP contribution in [0, 0.1) is 27.7 Å². The van der Waals surface area contributed by atoms with Crippen LogP contribution in [0.25, 0.3) is 0 Å². The number of rotatable bonds is 4. The highest BCUT2D eigenvalue weighted by molar-refractivity contribution is 5.85. The molecule has 0 radical (unpaired) electrons. The van der Waals surface area contributed by atoms with Crippen molar-refractivity contribution in [2.45, 2.75) is 40.8 Å². The number of nitrogens with one attached hydrogen (secondary N) is 1.